The van der Waals surface area contributed by atoms with Crippen molar-refractivity contribution in [2.75, 3.05) is 5.75 Å². The first-order valence-corrected chi connectivity index (χ1v) is 8.28. The minimum absolute atomic E-state index is 0.0711. The van der Waals surface area contributed by atoms with E-state index in [0.29, 0.717) is 10.8 Å². The molecule has 2 rings (SSSR count). The Morgan fingerprint density at radius 2 is 1.72 bits per heavy atom. The number of sulfone groups is 1. The lowest BCUT2D eigenvalue weighted by Crippen LogP contribution is -2.38. The summed E-state index contributed by atoms with van der Waals surface area (Å²) in [6.07, 6.45) is 5.78. The van der Waals surface area contributed by atoms with E-state index in [4.69, 9.17) is 5.73 Å². The fourth-order valence-electron chi connectivity index (χ4n) is 2.68. The van der Waals surface area contributed by atoms with Crippen LogP contribution in [0.4, 0.5) is 0 Å². The maximum atomic E-state index is 12.2. The minimum atomic E-state index is -3.23. The van der Waals surface area contributed by atoms with Gasteiger partial charge in [-0.3, -0.25) is 0 Å². The van der Waals surface area contributed by atoms with E-state index in [1.54, 1.807) is 24.3 Å². The summed E-state index contributed by atoms with van der Waals surface area (Å²) in [5.41, 5.74) is 6.09. The van der Waals surface area contributed by atoms with Gasteiger partial charge < -0.3 is 5.73 Å². The molecule has 0 saturated heterocycles. The first kappa shape index (κ1) is 13.6. The van der Waals surface area contributed by atoms with Gasteiger partial charge in [0.05, 0.1) is 10.6 Å². The molecule has 1 aromatic carbocycles. The molecule has 0 bridgehead atoms. The molecule has 18 heavy (non-hydrogen) atoms. The fourth-order valence-corrected chi connectivity index (χ4v) is 4.22. The maximum Gasteiger partial charge on any atom is 0.179 e. The standard InChI is InChI=1S/C14H21NO2S/c15-14(12-7-3-1-4-8-12)11-18(16,17)13-9-5-2-6-10-13/h2,5-6,9-10,12,14H,1,3-4,7-8,11,15H2/t14-/m1/s1. The van der Waals surface area contributed by atoms with Crippen molar-refractivity contribution in [3.63, 3.8) is 0 Å². The summed E-state index contributed by atoms with van der Waals surface area (Å²) >= 11 is 0. The van der Waals surface area contributed by atoms with Crippen molar-refractivity contribution in [1.82, 2.24) is 0 Å². The molecule has 1 aromatic rings. The summed E-state index contributed by atoms with van der Waals surface area (Å²) in [5, 5.41) is 0. The van der Waals surface area contributed by atoms with Crippen LogP contribution in [0.15, 0.2) is 35.2 Å². The van der Waals surface area contributed by atoms with E-state index in [0.717, 1.165) is 12.8 Å². The zero-order chi connectivity index (χ0) is 13.0. The highest BCUT2D eigenvalue weighted by Gasteiger charge is 2.26. The third-order valence-electron chi connectivity index (χ3n) is 3.77. The predicted octanol–water partition coefficient (Wildman–Crippen LogP) is 2.37. The molecule has 0 aromatic heterocycles. The highest BCUT2D eigenvalue weighted by Crippen LogP contribution is 2.27. The zero-order valence-corrected chi connectivity index (χ0v) is 11.4. The number of benzene rings is 1. The van der Waals surface area contributed by atoms with E-state index < -0.39 is 9.84 Å². The van der Waals surface area contributed by atoms with Gasteiger partial charge in [-0.25, -0.2) is 8.42 Å². The van der Waals surface area contributed by atoms with Crippen LogP contribution in [-0.2, 0) is 9.84 Å². The maximum absolute atomic E-state index is 12.2. The zero-order valence-electron chi connectivity index (χ0n) is 10.6. The van der Waals surface area contributed by atoms with Crippen LogP contribution in [0.5, 0.6) is 0 Å². The van der Waals surface area contributed by atoms with Crippen LogP contribution in [0.2, 0.25) is 0 Å². The molecule has 4 heteroatoms. The molecule has 1 aliphatic carbocycles. The van der Waals surface area contributed by atoms with Gasteiger partial charge in [0.2, 0.25) is 0 Å². The largest absolute Gasteiger partial charge is 0.327 e. The molecule has 0 aliphatic heterocycles. The molecule has 1 atom stereocenters. The Morgan fingerprint density at radius 3 is 2.33 bits per heavy atom. The molecule has 0 spiro atoms. The lowest BCUT2D eigenvalue weighted by molar-refractivity contribution is 0.317. The van der Waals surface area contributed by atoms with Crippen molar-refractivity contribution < 1.29 is 8.42 Å². The predicted molar refractivity (Wildman–Crippen MR) is 73.0 cm³/mol. The normalized spacial score (nSPS) is 19.6. The molecule has 1 aliphatic rings. The Labute approximate surface area is 109 Å². The van der Waals surface area contributed by atoms with Gasteiger partial charge >= 0.3 is 0 Å². The first-order chi connectivity index (χ1) is 8.59. The van der Waals surface area contributed by atoms with Crippen LogP contribution in [0, 0.1) is 5.92 Å². The monoisotopic (exact) mass is 267 g/mol. The van der Waals surface area contributed by atoms with Gasteiger partial charge in [-0.15, -0.1) is 0 Å². The van der Waals surface area contributed by atoms with Crippen molar-refractivity contribution in [2.24, 2.45) is 11.7 Å². The van der Waals surface area contributed by atoms with E-state index in [-0.39, 0.29) is 11.8 Å². The second-order valence-corrected chi connectivity index (χ2v) is 7.19. The third-order valence-corrected chi connectivity index (χ3v) is 5.58. The molecule has 100 valence electrons. The van der Waals surface area contributed by atoms with Crippen LogP contribution >= 0.6 is 0 Å². The summed E-state index contributed by atoms with van der Waals surface area (Å²) in [6.45, 7) is 0. The topological polar surface area (TPSA) is 60.2 Å². The van der Waals surface area contributed by atoms with Gasteiger partial charge in [0.1, 0.15) is 0 Å². The van der Waals surface area contributed by atoms with Crippen molar-refractivity contribution >= 4 is 9.84 Å². The number of hydrogen-bond donors (Lipinski definition) is 1. The quantitative estimate of drug-likeness (QED) is 0.911. The molecule has 0 heterocycles. The Hall–Kier alpha value is -0.870. The van der Waals surface area contributed by atoms with Gasteiger partial charge in [-0.05, 0) is 30.9 Å². The average molecular weight is 267 g/mol. The second kappa shape index (κ2) is 5.85. The number of nitrogens with two attached hydrogens (primary N) is 1. The highest BCUT2D eigenvalue weighted by atomic mass is 32.2. The SMILES string of the molecule is N[C@H](CS(=O)(=O)c1ccccc1)C1CCCCC1. The lowest BCUT2D eigenvalue weighted by Gasteiger charge is -2.27. The van der Waals surface area contributed by atoms with Gasteiger partial charge in [0.25, 0.3) is 0 Å². The van der Waals surface area contributed by atoms with E-state index in [2.05, 4.69) is 0 Å². The van der Waals surface area contributed by atoms with E-state index >= 15 is 0 Å². The van der Waals surface area contributed by atoms with E-state index in [1.165, 1.54) is 19.3 Å². The molecule has 3 nitrogen and oxygen atoms in total. The minimum Gasteiger partial charge on any atom is -0.327 e. The molecule has 1 fully saturated rings. The highest BCUT2D eigenvalue weighted by molar-refractivity contribution is 7.91. The number of rotatable bonds is 4. The molecular weight excluding hydrogens is 246 g/mol. The number of hydrogen-bond acceptors (Lipinski definition) is 3. The smallest absolute Gasteiger partial charge is 0.179 e. The molecule has 0 unspecified atom stereocenters. The van der Waals surface area contributed by atoms with Crippen molar-refractivity contribution in [3.05, 3.63) is 30.3 Å². The molecular formula is C14H21NO2S. The Kier molecular flexibility index (Phi) is 4.40. The first-order valence-electron chi connectivity index (χ1n) is 6.63. The van der Waals surface area contributed by atoms with Crippen LogP contribution < -0.4 is 5.73 Å². The molecule has 2 N–H and O–H groups in total. The molecule has 1 saturated carbocycles. The third kappa shape index (κ3) is 3.33. The van der Waals surface area contributed by atoms with Crippen LogP contribution in [-0.4, -0.2) is 20.2 Å². The molecule has 0 radical (unpaired) electrons. The Balaban J connectivity index is 2.04. The van der Waals surface area contributed by atoms with Crippen molar-refractivity contribution in [3.8, 4) is 0 Å². The summed E-state index contributed by atoms with van der Waals surface area (Å²) in [4.78, 5) is 0.385. The van der Waals surface area contributed by atoms with Gasteiger partial charge in [-0.1, -0.05) is 37.5 Å². The van der Waals surface area contributed by atoms with Crippen molar-refractivity contribution in [1.29, 1.82) is 0 Å². The second-order valence-electron chi connectivity index (χ2n) is 5.16. The lowest BCUT2D eigenvalue weighted by atomic mass is 9.85. The van der Waals surface area contributed by atoms with E-state index in [1.807, 2.05) is 6.07 Å². The van der Waals surface area contributed by atoms with Crippen LogP contribution in [0.25, 0.3) is 0 Å². The summed E-state index contributed by atoms with van der Waals surface area (Å²) in [6, 6.07) is 8.37. The average Bonchev–Trinajstić information content (AvgIpc) is 2.40. The summed E-state index contributed by atoms with van der Waals surface area (Å²) < 4.78 is 24.4. The van der Waals surface area contributed by atoms with Crippen LogP contribution in [0.1, 0.15) is 32.1 Å². The van der Waals surface area contributed by atoms with Gasteiger partial charge in [0.15, 0.2) is 9.84 Å². The summed E-state index contributed by atoms with van der Waals surface area (Å²) in [5.74, 6) is 0.444. The van der Waals surface area contributed by atoms with Gasteiger partial charge in [-0.2, -0.15) is 0 Å². The van der Waals surface area contributed by atoms with Crippen molar-refractivity contribution in [2.45, 2.75) is 43.0 Å². The van der Waals surface area contributed by atoms with E-state index in [9.17, 15) is 8.42 Å². The van der Waals surface area contributed by atoms with Gasteiger partial charge in [0, 0.05) is 6.04 Å². The molecule has 0 amide bonds. The fraction of sp³-hybridized carbons (Fsp3) is 0.571. The van der Waals surface area contributed by atoms with Crippen LogP contribution in [0.3, 0.4) is 0 Å². The Morgan fingerprint density at radius 1 is 1.11 bits per heavy atom. The summed E-state index contributed by atoms with van der Waals surface area (Å²) in [7, 11) is -3.23. The Bertz CT molecular complexity index is 464.